The van der Waals surface area contributed by atoms with E-state index in [1.807, 2.05) is 20.8 Å². The van der Waals surface area contributed by atoms with Gasteiger partial charge in [-0.2, -0.15) is 0 Å². The number of sulfonamides is 1. The number of hydrogen-bond acceptors (Lipinski definition) is 3. The van der Waals surface area contributed by atoms with E-state index < -0.39 is 10.0 Å². The Morgan fingerprint density at radius 3 is 2.32 bits per heavy atom. The van der Waals surface area contributed by atoms with Crippen LogP contribution < -0.4 is 10.0 Å². The average Bonchev–Trinajstić information content (AvgIpc) is 2.54. The zero-order valence-corrected chi connectivity index (χ0v) is 15.9. The van der Waals surface area contributed by atoms with Gasteiger partial charge in [0.1, 0.15) is 0 Å². The van der Waals surface area contributed by atoms with Crippen LogP contribution in [0.15, 0.2) is 47.4 Å². The van der Waals surface area contributed by atoms with E-state index in [9.17, 15) is 13.2 Å². The molecule has 0 saturated carbocycles. The summed E-state index contributed by atoms with van der Waals surface area (Å²) in [7, 11) is -3.74. The van der Waals surface area contributed by atoms with Crippen molar-refractivity contribution in [1.29, 1.82) is 0 Å². The van der Waals surface area contributed by atoms with E-state index in [0.29, 0.717) is 18.0 Å². The Morgan fingerprint density at radius 1 is 1.12 bits per heavy atom. The van der Waals surface area contributed by atoms with Crippen molar-refractivity contribution in [1.82, 2.24) is 5.32 Å². The minimum Gasteiger partial charge on any atom is -0.352 e. The summed E-state index contributed by atoms with van der Waals surface area (Å²) in [6, 6.07) is 11.0. The molecule has 0 aliphatic heterocycles. The van der Waals surface area contributed by atoms with Gasteiger partial charge in [-0.05, 0) is 43.2 Å². The van der Waals surface area contributed by atoms with Crippen LogP contribution in [0.1, 0.15) is 29.8 Å². The molecule has 2 aromatic carbocycles. The van der Waals surface area contributed by atoms with Crippen molar-refractivity contribution >= 4 is 33.2 Å². The van der Waals surface area contributed by atoms with Gasteiger partial charge in [0.25, 0.3) is 15.9 Å². The zero-order chi connectivity index (χ0) is 18.6. The molecular weight excluding hydrogens is 360 g/mol. The van der Waals surface area contributed by atoms with E-state index in [2.05, 4.69) is 10.0 Å². The van der Waals surface area contributed by atoms with E-state index in [0.717, 1.165) is 5.56 Å². The van der Waals surface area contributed by atoms with Crippen LogP contribution in [0, 0.1) is 12.8 Å². The molecule has 0 radical (unpaired) electrons. The minimum absolute atomic E-state index is 0.146. The first kappa shape index (κ1) is 19.3. The molecule has 5 nitrogen and oxygen atoms in total. The van der Waals surface area contributed by atoms with E-state index in [1.165, 1.54) is 30.3 Å². The summed E-state index contributed by atoms with van der Waals surface area (Å²) >= 11 is 6.15. The van der Waals surface area contributed by atoms with Gasteiger partial charge < -0.3 is 5.32 Å². The third-order valence-corrected chi connectivity index (χ3v) is 5.17. The molecule has 0 fully saturated rings. The molecule has 0 unspecified atom stereocenters. The van der Waals surface area contributed by atoms with Gasteiger partial charge in [0.2, 0.25) is 0 Å². The van der Waals surface area contributed by atoms with Crippen molar-refractivity contribution < 1.29 is 13.2 Å². The number of rotatable bonds is 6. The van der Waals surface area contributed by atoms with Crippen LogP contribution >= 0.6 is 11.6 Å². The van der Waals surface area contributed by atoms with Gasteiger partial charge >= 0.3 is 0 Å². The largest absolute Gasteiger partial charge is 0.352 e. The monoisotopic (exact) mass is 380 g/mol. The first-order chi connectivity index (χ1) is 11.7. The topological polar surface area (TPSA) is 75.3 Å². The number of benzene rings is 2. The van der Waals surface area contributed by atoms with Crippen molar-refractivity contribution in [3.8, 4) is 0 Å². The first-order valence-corrected chi connectivity index (χ1v) is 9.72. The van der Waals surface area contributed by atoms with Crippen molar-refractivity contribution in [3.05, 3.63) is 58.6 Å². The summed E-state index contributed by atoms with van der Waals surface area (Å²) in [6.07, 6.45) is 0. The summed E-state index contributed by atoms with van der Waals surface area (Å²) in [5.41, 5.74) is 1.57. The van der Waals surface area contributed by atoms with E-state index in [1.54, 1.807) is 12.1 Å². The van der Waals surface area contributed by atoms with Crippen molar-refractivity contribution in [2.24, 2.45) is 5.92 Å². The Bertz CT molecular complexity index is 862. The molecule has 0 bridgehead atoms. The SMILES string of the molecule is Cc1ccc(S(=O)(=O)Nc2ccc(C(=O)NCC(C)C)cc2Cl)cc1. The van der Waals surface area contributed by atoms with Crippen molar-refractivity contribution in [3.63, 3.8) is 0 Å². The molecule has 0 atom stereocenters. The van der Waals surface area contributed by atoms with Crippen LogP contribution in [0.25, 0.3) is 0 Å². The number of carbonyl (C=O) groups is 1. The molecule has 2 rings (SSSR count). The third-order valence-electron chi connectivity index (χ3n) is 3.48. The second kappa shape index (κ2) is 7.89. The third kappa shape index (κ3) is 5.21. The number of aryl methyl sites for hydroxylation is 1. The highest BCUT2D eigenvalue weighted by Gasteiger charge is 2.16. The molecule has 7 heteroatoms. The van der Waals surface area contributed by atoms with Gasteiger partial charge in [0, 0.05) is 12.1 Å². The first-order valence-electron chi connectivity index (χ1n) is 7.86. The van der Waals surface area contributed by atoms with Crippen molar-refractivity contribution in [2.75, 3.05) is 11.3 Å². The zero-order valence-electron chi connectivity index (χ0n) is 14.3. The molecule has 1 amide bonds. The lowest BCUT2D eigenvalue weighted by Gasteiger charge is -2.12. The summed E-state index contributed by atoms with van der Waals surface area (Å²) in [5.74, 6) is 0.0866. The number of halogens is 1. The van der Waals surface area contributed by atoms with Gasteiger partial charge in [-0.15, -0.1) is 0 Å². The lowest BCUT2D eigenvalue weighted by molar-refractivity contribution is 0.0949. The highest BCUT2D eigenvalue weighted by atomic mass is 35.5. The van der Waals surface area contributed by atoms with Crippen LogP contribution in [-0.2, 0) is 10.0 Å². The maximum Gasteiger partial charge on any atom is 0.261 e. The van der Waals surface area contributed by atoms with Gasteiger partial charge in [-0.25, -0.2) is 8.42 Å². The predicted molar refractivity (Wildman–Crippen MR) is 101 cm³/mol. The van der Waals surface area contributed by atoms with Crippen LogP contribution in [0.5, 0.6) is 0 Å². The highest BCUT2D eigenvalue weighted by Crippen LogP contribution is 2.26. The van der Waals surface area contributed by atoms with Gasteiger partial charge in [0.05, 0.1) is 15.6 Å². The van der Waals surface area contributed by atoms with E-state index in [-0.39, 0.29) is 21.5 Å². The second-order valence-electron chi connectivity index (χ2n) is 6.22. The number of anilines is 1. The van der Waals surface area contributed by atoms with Gasteiger partial charge in [-0.1, -0.05) is 43.1 Å². The standard InChI is InChI=1S/C18H21ClN2O3S/c1-12(2)11-20-18(22)14-6-9-17(16(19)10-14)21-25(23,24)15-7-4-13(3)5-8-15/h4-10,12,21H,11H2,1-3H3,(H,20,22). The molecule has 134 valence electrons. The van der Waals surface area contributed by atoms with Crippen LogP contribution in [0.4, 0.5) is 5.69 Å². The predicted octanol–water partition coefficient (Wildman–Crippen LogP) is 3.84. The fraction of sp³-hybridized carbons (Fsp3) is 0.278. The normalized spacial score (nSPS) is 11.4. The maximum atomic E-state index is 12.4. The Morgan fingerprint density at radius 2 is 1.76 bits per heavy atom. The maximum absolute atomic E-state index is 12.4. The van der Waals surface area contributed by atoms with Crippen LogP contribution in [-0.4, -0.2) is 20.9 Å². The van der Waals surface area contributed by atoms with Gasteiger partial charge in [-0.3, -0.25) is 9.52 Å². The number of nitrogens with one attached hydrogen (secondary N) is 2. The smallest absolute Gasteiger partial charge is 0.261 e. The van der Waals surface area contributed by atoms with E-state index in [4.69, 9.17) is 11.6 Å². The molecule has 0 heterocycles. The van der Waals surface area contributed by atoms with E-state index >= 15 is 0 Å². The molecule has 25 heavy (non-hydrogen) atoms. The molecule has 0 saturated heterocycles. The van der Waals surface area contributed by atoms with Crippen molar-refractivity contribution in [2.45, 2.75) is 25.7 Å². The second-order valence-corrected chi connectivity index (χ2v) is 8.31. The molecule has 0 spiro atoms. The highest BCUT2D eigenvalue weighted by molar-refractivity contribution is 7.92. The minimum atomic E-state index is -3.74. The molecule has 2 N–H and O–H groups in total. The summed E-state index contributed by atoms with van der Waals surface area (Å²) in [4.78, 5) is 12.2. The Kier molecular flexibility index (Phi) is 6.08. The fourth-order valence-electron chi connectivity index (χ4n) is 2.06. The Labute approximate surface area is 153 Å². The molecular formula is C18H21ClN2O3S. The number of amides is 1. The van der Waals surface area contributed by atoms with Crippen LogP contribution in [0.2, 0.25) is 5.02 Å². The summed E-state index contributed by atoms with van der Waals surface area (Å²) in [6.45, 7) is 6.43. The fourth-order valence-corrected chi connectivity index (χ4v) is 3.42. The molecule has 0 aromatic heterocycles. The number of hydrogen-bond donors (Lipinski definition) is 2. The Hall–Kier alpha value is -2.05. The lowest BCUT2D eigenvalue weighted by Crippen LogP contribution is -2.27. The number of carbonyl (C=O) groups excluding carboxylic acids is 1. The lowest BCUT2D eigenvalue weighted by atomic mass is 10.1. The quantitative estimate of drug-likeness (QED) is 0.799. The summed E-state index contributed by atoms with van der Waals surface area (Å²) < 4.78 is 27.3. The molecule has 0 aliphatic rings. The Balaban J connectivity index is 2.18. The summed E-state index contributed by atoms with van der Waals surface area (Å²) in [5, 5.41) is 2.95. The van der Waals surface area contributed by atoms with Gasteiger partial charge in [0.15, 0.2) is 0 Å². The van der Waals surface area contributed by atoms with Crippen LogP contribution in [0.3, 0.4) is 0 Å². The average molecular weight is 381 g/mol. The molecule has 0 aliphatic carbocycles. The molecule has 2 aromatic rings.